The Labute approximate surface area is 188 Å². The Morgan fingerprint density at radius 3 is 2.27 bits per heavy atom. The molecule has 5 aromatic rings. The van der Waals surface area contributed by atoms with Crippen LogP contribution in [0.3, 0.4) is 0 Å². The molecule has 0 amide bonds. The molecular formula is C17H12BrCl2N9O. The van der Waals surface area contributed by atoms with Gasteiger partial charge < -0.3 is 10.1 Å². The molecule has 0 radical (unpaired) electrons. The van der Waals surface area contributed by atoms with Crippen molar-refractivity contribution in [3.05, 3.63) is 63.8 Å². The molecule has 13 heteroatoms. The molecule has 1 N–H and O–H groups in total. The van der Waals surface area contributed by atoms with E-state index in [2.05, 4.69) is 51.6 Å². The summed E-state index contributed by atoms with van der Waals surface area (Å²) >= 11 is 15.1. The van der Waals surface area contributed by atoms with Crippen molar-refractivity contribution in [3.8, 4) is 5.88 Å². The van der Waals surface area contributed by atoms with Crippen LogP contribution in [0.5, 0.6) is 5.88 Å². The Balaban J connectivity index is 0.000000168. The summed E-state index contributed by atoms with van der Waals surface area (Å²) in [6.45, 7) is 0. The molecule has 5 heterocycles. The zero-order valence-electron chi connectivity index (χ0n) is 15.2. The average Bonchev–Trinajstić information content (AvgIpc) is 3.38. The molecule has 0 saturated carbocycles. The number of hydrogen-bond donors (Lipinski definition) is 1. The highest BCUT2D eigenvalue weighted by Crippen LogP contribution is 2.23. The largest absolute Gasteiger partial charge is 0.480 e. The Hall–Kier alpha value is -3.02. The van der Waals surface area contributed by atoms with E-state index in [4.69, 9.17) is 27.9 Å². The first kappa shape index (κ1) is 20.3. The quantitative estimate of drug-likeness (QED) is 0.388. The summed E-state index contributed by atoms with van der Waals surface area (Å²) < 4.78 is 9.00. The van der Waals surface area contributed by atoms with Gasteiger partial charge >= 0.3 is 0 Å². The van der Waals surface area contributed by atoms with Gasteiger partial charge in [-0.05, 0) is 34.1 Å². The van der Waals surface area contributed by atoms with E-state index in [0.29, 0.717) is 33.1 Å². The molecule has 0 aliphatic carbocycles. The molecule has 0 unspecified atom stereocenters. The number of hydrogen-bond acceptors (Lipinski definition) is 8. The van der Waals surface area contributed by atoms with E-state index in [1.54, 1.807) is 45.7 Å². The van der Waals surface area contributed by atoms with Gasteiger partial charge in [-0.3, -0.25) is 0 Å². The summed E-state index contributed by atoms with van der Waals surface area (Å²) in [5, 5.41) is 20.1. The molecule has 0 fully saturated rings. The number of pyridine rings is 2. The predicted molar refractivity (Wildman–Crippen MR) is 116 cm³/mol. The highest BCUT2D eigenvalue weighted by molar-refractivity contribution is 9.10. The highest BCUT2D eigenvalue weighted by Gasteiger charge is 2.07. The normalized spacial score (nSPS) is 10.7. The predicted octanol–water partition coefficient (Wildman–Crippen LogP) is 4.07. The van der Waals surface area contributed by atoms with Gasteiger partial charge in [0.2, 0.25) is 5.88 Å². The molecule has 0 aromatic carbocycles. The number of halogens is 3. The number of nitrogens with one attached hydrogen (secondary N) is 1. The molecule has 0 spiro atoms. The van der Waals surface area contributed by atoms with E-state index in [0.717, 1.165) is 10.1 Å². The number of anilines is 2. The second kappa shape index (κ2) is 8.78. The lowest BCUT2D eigenvalue weighted by Crippen LogP contribution is -1.99. The average molecular weight is 509 g/mol. The van der Waals surface area contributed by atoms with Gasteiger partial charge in [-0.15, -0.1) is 10.2 Å². The Bertz CT molecular complexity index is 1310. The second-order valence-electron chi connectivity index (χ2n) is 5.72. The lowest BCUT2D eigenvalue weighted by atomic mass is 10.4. The van der Waals surface area contributed by atoms with Gasteiger partial charge in [0.05, 0.1) is 27.3 Å². The smallest absolute Gasteiger partial charge is 0.233 e. The summed E-state index contributed by atoms with van der Waals surface area (Å²) in [6, 6.07) is 6.99. The third-order valence-corrected chi connectivity index (χ3v) is 4.75. The van der Waals surface area contributed by atoms with E-state index in [1.165, 1.54) is 19.8 Å². The van der Waals surface area contributed by atoms with Gasteiger partial charge in [-0.2, -0.15) is 10.2 Å². The molecule has 0 bridgehead atoms. The van der Waals surface area contributed by atoms with E-state index in [9.17, 15) is 0 Å². The third-order valence-electron chi connectivity index (χ3n) is 3.75. The molecule has 10 nitrogen and oxygen atoms in total. The SMILES string of the molecule is COc1ccc(Nc2cc(Cl)cn3ncnc23)nn1.Clc1cc(Br)c2ncnn2c1. The minimum atomic E-state index is 0.448. The highest BCUT2D eigenvalue weighted by atomic mass is 79.9. The van der Waals surface area contributed by atoms with E-state index >= 15 is 0 Å². The Kier molecular flexibility index (Phi) is 5.93. The Morgan fingerprint density at radius 1 is 0.933 bits per heavy atom. The number of ether oxygens (including phenoxy) is 1. The molecule has 5 aromatic heterocycles. The van der Waals surface area contributed by atoms with Crippen molar-refractivity contribution in [1.82, 2.24) is 39.4 Å². The van der Waals surface area contributed by atoms with Crippen LogP contribution in [0, 0.1) is 0 Å². The third kappa shape index (κ3) is 4.42. The number of aromatic nitrogens is 8. The second-order valence-corrected chi connectivity index (χ2v) is 7.45. The molecular weight excluding hydrogens is 497 g/mol. The zero-order valence-corrected chi connectivity index (χ0v) is 18.3. The van der Waals surface area contributed by atoms with Crippen molar-refractivity contribution in [2.75, 3.05) is 12.4 Å². The van der Waals surface area contributed by atoms with Crippen LogP contribution in [0.4, 0.5) is 11.5 Å². The molecule has 30 heavy (non-hydrogen) atoms. The topological polar surface area (TPSA) is 107 Å². The van der Waals surface area contributed by atoms with E-state index < -0.39 is 0 Å². The van der Waals surface area contributed by atoms with Gasteiger partial charge in [0.25, 0.3) is 0 Å². The maximum absolute atomic E-state index is 6.01. The van der Waals surface area contributed by atoms with Crippen molar-refractivity contribution in [2.45, 2.75) is 0 Å². The first-order valence-corrected chi connectivity index (χ1v) is 9.86. The number of rotatable bonds is 3. The zero-order chi connectivity index (χ0) is 21.1. The number of methoxy groups -OCH3 is 1. The summed E-state index contributed by atoms with van der Waals surface area (Å²) in [5.41, 5.74) is 2.13. The first-order valence-electron chi connectivity index (χ1n) is 8.31. The standard InChI is InChI=1S/C11H9ClN6O.C6H3BrClN3/c1-19-10-3-2-9(16-17-10)15-8-4-7(12)5-18-11(8)13-6-14-18;7-5-1-4(8)2-11-6(5)9-3-10-11/h2-6H,1H3,(H,15,16);1-3H. The molecule has 0 aliphatic rings. The Morgan fingerprint density at radius 2 is 1.60 bits per heavy atom. The lowest BCUT2D eigenvalue weighted by molar-refractivity contribution is 0.392. The maximum Gasteiger partial charge on any atom is 0.233 e. The number of fused-ring (bicyclic) bond motifs is 2. The fourth-order valence-corrected chi connectivity index (χ4v) is 3.54. The maximum atomic E-state index is 6.01. The summed E-state index contributed by atoms with van der Waals surface area (Å²) in [5.74, 6) is 1.01. The fourth-order valence-electron chi connectivity index (χ4n) is 2.47. The van der Waals surface area contributed by atoms with E-state index in [1.807, 2.05) is 0 Å². The van der Waals surface area contributed by atoms with Gasteiger partial charge in [0.15, 0.2) is 17.1 Å². The summed E-state index contributed by atoms with van der Waals surface area (Å²) in [4.78, 5) is 8.15. The van der Waals surface area contributed by atoms with Crippen LogP contribution in [0.15, 0.2) is 53.8 Å². The molecule has 0 saturated heterocycles. The molecule has 152 valence electrons. The van der Waals surface area contributed by atoms with Crippen molar-refractivity contribution >= 4 is 61.9 Å². The monoisotopic (exact) mass is 507 g/mol. The van der Waals surface area contributed by atoms with Crippen LogP contribution in [0.1, 0.15) is 0 Å². The summed E-state index contributed by atoms with van der Waals surface area (Å²) in [6.07, 6.45) is 6.32. The minimum Gasteiger partial charge on any atom is -0.480 e. The van der Waals surface area contributed by atoms with Gasteiger partial charge in [0, 0.05) is 18.5 Å². The summed E-state index contributed by atoms with van der Waals surface area (Å²) in [7, 11) is 1.54. The van der Waals surface area contributed by atoms with Gasteiger partial charge in [0.1, 0.15) is 12.7 Å². The first-order chi connectivity index (χ1) is 14.5. The lowest BCUT2D eigenvalue weighted by Gasteiger charge is -2.07. The van der Waals surface area contributed by atoms with Crippen LogP contribution in [-0.4, -0.2) is 46.5 Å². The number of nitrogens with zero attached hydrogens (tertiary/aromatic N) is 8. The van der Waals surface area contributed by atoms with Crippen LogP contribution >= 0.6 is 39.1 Å². The van der Waals surface area contributed by atoms with Gasteiger partial charge in [-0.1, -0.05) is 23.2 Å². The minimum absolute atomic E-state index is 0.448. The van der Waals surface area contributed by atoms with Crippen molar-refractivity contribution in [2.24, 2.45) is 0 Å². The molecule has 0 aliphatic heterocycles. The van der Waals surface area contributed by atoms with Crippen LogP contribution < -0.4 is 10.1 Å². The van der Waals surface area contributed by atoms with Crippen LogP contribution in [-0.2, 0) is 0 Å². The van der Waals surface area contributed by atoms with Crippen LogP contribution in [0.2, 0.25) is 10.0 Å². The van der Waals surface area contributed by atoms with E-state index in [-0.39, 0.29) is 0 Å². The van der Waals surface area contributed by atoms with Gasteiger partial charge in [-0.25, -0.2) is 19.0 Å². The van der Waals surface area contributed by atoms with Crippen LogP contribution in [0.25, 0.3) is 11.3 Å². The van der Waals surface area contributed by atoms with Crippen molar-refractivity contribution in [1.29, 1.82) is 0 Å². The van der Waals surface area contributed by atoms with Crippen molar-refractivity contribution < 1.29 is 4.74 Å². The van der Waals surface area contributed by atoms with Crippen molar-refractivity contribution in [3.63, 3.8) is 0 Å². The molecule has 0 atom stereocenters. The fraction of sp³-hybridized carbons (Fsp3) is 0.0588. The molecule has 5 rings (SSSR count).